The monoisotopic (exact) mass is 391 g/mol. The molecule has 0 bridgehead atoms. The smallest absolute Gasteiger partial charge is 0.412 e. The Morgan fingerprint density at radius 2 is 1.76 bits per heavy atom. The third kappa shape index (κ3) is 5.35. The molecular formula is C11H14N2O6SY. The fourth-order valence-corrected chi connectivity index (χ4v) is 2.41. The van der Waals surface area contributed by atoms with Crippen molar-refractivity contribution in [3.8, 4) is 5.88 Å². The largest absolute Gasteiger partial charge is 0.470 e. The average molecular weight is 391 g/mol. The first-order valence-electron chi connectivity index (χ1n) is 5.53. The summed E-state index contributed by atoms with van der Waals surface area (Å²) in [6.07, 6.45) is -0.167. The summed E-state index contributed by atoms with van der Waals surface area (Å²) < 4.78 is 27.7. The van der Waals surface area contributed by atoms with E-state index in [1.807, 2.05) is 0 Å². The Labute approximate surface area is 146 Å². The number of hydrogen-bond acceptors (Lipinski definition) is 7. The van der Waals surface area contributed by atoms with Gasteiger partial charge in [0.25, 0.3) is 9.84 Å². The topological polar surface area (TPSA) is 128 Å². The van der Waals surface area contributed by atoms with Gasteiger partial charge in [-0.05, 0) is 30.9 Å². The zero-order valence-corrected chi connectivity index (χ0v) is 15.0. The molecule has 0 saturated heterocycles. The van der Waals surface area contributed by atoms with Gasteiger partial charge in [0, 0.05) is 38.8 Å². The molecular weight excluding hydrogens is 377 g/mol. The van der Waals surface area contributed by atoms with Crippen LogP contribution in [0.25, 0.3) is 0 Å². The summed E-state index contributed by atoms with van der Waals surface area (Å²) >= 11 is 0. The Hall–Kier alpha value is -1.03. The molecule has 0 aliphatic rings. The van der Waals surface area contributed by atoms with Crippen LogP contribution in [0.3, 0.4) is 0 Å². The van der Waals surface area contributed by atoms with Crippen molar-refractivity contribution in [2.45, 2.75) is 29.9 Å². The van der Waals surface area contributed by atoms with Gasteiger partial charge in [0.1, 0.15) is 0 Å². The standard InChI is InChI=1S/C8H6N2O5S.C3H8O.Y/c11-7-8(10(12)15-9-7)16(13,14)6-4-2-1-3-5-6;1-3(2)4;/h1-5H,(H,9,11);3-4H,1-2H3;. The predicted molar refractivity (Wildman–Crippen MR) is 66.4 cm³/mol. The third-order valence-electron chi connectivity index (χ3n) is 1.87. The van der Waals surface area contributed by atoms with Gasteiger partial charge < -0.3 is 15.4 Å². The van der Waals surface area contributed by atoms with Crippen molar-refractivity contribution in [2.24, 2.45) is 0 Å². The van der Waals surface area contributed by atoms with Crippen molar-refractivity contribution >= 4 is 9.84 Å². The van der Waals surface area contributed by atoms with Crippen LogP contribution in [0.1, 0.15) is 13.8 Å². The molecule has 0 unspecified atom stereocenters. The molecule has 113 valence electrons. The summed E-state index contributed by atoms with van der Waals surface area (Å²) in [4.78, 5) is -0.476. The quantitative estimate of drug-likeness (QED) is 0.702. The number of aliphatic hydroxyl groups is 1. The minimum atomic E-state index is -4.11. The Morgan fingerprint density at radius 1 is 1.29 bits per heavy atom. The maximum atomic E-state index is 11.9. The van der Waals surface area contributed by atoms with Crippen molar-refractivity contribution in [2.75, 3.05) is 0 Å². The molecule has 1 aromatic heterocycles. The van der Waals surface area contributed by atoms with Crippen LogP contribution in [0.5, 0.6) is 5.88 Å². The zero-order valence-electron chi connectivity index (χ0n) is 11.4. The zero-order chi connectivity index (χ0) is 15.3. The van der Waals surface area contributed by atoms with Crippen LogP contribution in [-0.2, 0) is 42.5 Å². The molecule has 2 rings (SSSR count). The van der Waals surface area contributed by atoms with Gasteiger partial charge in [0.15, 0.2) is 0 Å². The van der Waals surface area contributed by atoms with Gasteiger partial charge in [-0.1, -0.05) is 18.2 Å². The number of aromatic nitrogens is 2. The van der Waals surface area contributed by atoms with Crippen LogP contribution in [-0.4, -0.2) is 29.9 Å². The minimum absolute atomic E-state index is 0. The summed E-state index contributed by atoms with van der Waals surface area (Å²) in [7, 11) is -4.11. The second-order valence-corrected chi connectivity index (χ2v) is 5.83. The SMILES string of the molecule is CC(C)O.O=S(=O)(c1ccccc1)c1c(O)no[n+]1[O-].[Y]. The fourth-order valence-electron chi connectivity index (χ4n) is 1.16. The van der Waals surface area contributed by atoms with Crippen LogP contribution in [0.2, 0.25) is 0 Å². The fraction of sp³-hybridized carbons (Fsp3) is 0.273. The molecule has 0 aliphatic heterocycles. The van der Waals surface area contributed by atoms with E-state index < -0.39 is 20.7 Å². The number of aromatic hydroxyl groups is 1. The summed E-state index contributed by atoms with van der Waals surface area (Å²) in [6.45, 7) is 3.44. The molecule has 0 saturated carbocycles. The molecule has 10 heteroatoms. The van der Waals surface area contributed by atoms with E-state index in [0.29, 0.717) is 0 Å². The van der Waals surface area contributed by atoms with E-state index in [4.69, 9.17) is 10.2 Å². The van der Waals surface area contributed by atoms with Gasteiger partial charge in [-0.25, -0.2) is 8.42 Å². The van der Waals surface area contributed by atoms with Crippen molar-refractivity contribution < 1.29 is 60.9 Å². The molecule has 0 amide bonds. The molecule has 1 aromatic carbocycles. The summed E-state index contributed by atoms with van der Waals surface area (Å²) in [6, 6.07) is 7.19. The Bertz CT molecular complexity index is 634. The Morgan fingerprint density at radius 3 is 2.14 bits per heavy atom. The number of nitrogens with zero attached hydrogens (tertiary/aromatic N) is 2. The number of sulfone groups is 1. The number of hydrogen-bond donors (Lipinski definition) is 2. The van der Waals surface area contributed by atoms with E-state index in [1.54, 1.807) is 19.9 Å². The number of aliphatic hydroxyl groups excluding tert-OH is 1. The summed E-state index contributed by atoms with van der Waals surface area (Å²) in [5.41, 5.74) is 0. The normalized spacial score (nSPS) is 10.5. The van der Waals surface area contributed by atoms with Gasteiger partial charge in [0.05, 0.1) is 10.1 Å². The Balaban J connectivity index is 0.000000715. The maximum absolute atomic E-state index is 11.9. The second-order valence-electron chi connectivity index (χ2n) is 3.97. The van der Waals surface area contributed by atoms with Crippen LogP contribution in [0.15, 0.2) is 44.9 Å². The molecule has 1 heterocycles. The Kier molecular flexibility index (Phi) is 8.01. The van der Waals surface area contributed by atoms with E-state index in [0.717, 1.165) is 0 Å². The van der Waals surface area contributed by atoms with E-state index in [-0.39, 0.29) is 48.6 Å². The van der Waals surface area contributed by atoms with Gasteiger partial charge in [-0.3, -0.25) is 4.63 Å². The minimum Gasteiger partial charge on any atom is -0.470 e. The van der Waals surface area contributed by atoms with Crippen molar-refractivity contribution in [1.82, 2.24) is 5.16 Å². The van der Waals surface area contributed by atoms with E-state index in [9.17, 15) is 13.6 Å². The van der Waals surface area contributed by atoms with E-state index in [1.165, 1.54) is 24.3 Å². The van der Waals surface area contributed by atoms with Crippen LogP contribution < -0.4 is 4.90 Å². The maximum Gasteiger partial charge on any atom is 0.412 e. The molecule has 8 nitrogen and oxygen atoms in total. The van der Waals surface area contributed by atoms with Crippen LogP contribution >= 0.6 is 0 Å². The third-order valence-corrected chi connectivity index (χ3v) is 3.60. The second kappa shape index (κ2) is 8.42. The summed E-state index contributed by atoms with van der Waals surface area (Å²) in [5, 5.41) is 30.1. The first-order chi connectivity index (χ1) is 9.26. The van der Waals surface area contributed by atoms with Crippen LogP contribution in [0, 0.1) is 5.21 Å². The van der Waals surface area contributed by atoms with Gasteiger partial charge in [-0.15, -0.1) is 0 Å². The molecule has 0 fully saturated rings. The van der Waals surface area contributed by atoms with Crippen molar-refractivity contribution in [1.29, 1.82) is 0 Å². The molecule has 21 heavy (non-hydrogen) atoms. The average Bonchev–Trinajstić information content (AvgIpc) is 2.70. The molecule has 0 atom stereocenters. The first kappa shape index (κ1) is 20.0. The van der Waals surface area contributed by atoms with Crippen LogP contribution in [0.4, 0.5) is 0 Å². The van der Waals surface area contributed by atoms with Crippen molar-refractivity contribution in [3.63, 3.8) is 0 Å². The molecule has 0 spiro atoms. The summed E-state index contributed by atoms with van der Waals surface area (Å²) in [5.74, 6) is -0.959. The van der Waals surface area contributed by atoms with Gasteiger partial charge in [-0.2, -0.15) is 0 Å². The van der Waals surface area contributed by atoms with Crippen molar-refractivity contribution in [3.05, 3.63) is 35.5 Å². The molecule has 1 radical (unpaired) electrons. The van der Waals surface area contributed by atoms with E-state index in [2.05, 4.69) is 9.79 Å². The number of benzene rings is 1. The number of rotatable bonds is 2. The predicted octanol–water partition coefficient (Wildman–Crippen LogP) is 0.231. The molecule has 2 N–H and O–H groups in total. The van der Waals surface area contributed by atoms with Gasteiger partial charge in [0.2, 0.25) is 0 Å². The molecule has 0 aliphatic carbocycles. The first-order valence-corrected chi connectivity index (χ1v) is 7.02. The van der Waals surface area contributed by atoms with Gasteiger partial charge >= 0.3 is 10.9 Å². The molecule has 2 aromatic rings. The van der Waals surface area contributed by atoms with E-state index >= 15 is 0 Å².